The molecule has 0 spiro atoms. The minimum Gasteiger partial charge on any atom is -0.493 e. The molecule has 1 atom stereocenters. The Morgan fingerprint density at radius 3 is 2.58 bits per heavy atom. The average Bonchev–Trinajstić information content (AvgIpc) is 3.10. The van der Waals surface area contributed by atoms with Crippen LogP contribution in [0.5, 0.6) is 11.5 Å². The summed E-state index contributed by atoms with van der Waals surface area (Å²) in [4.78, 5) is 17.2. The second-order valence-corrected chi connectivity index (χ2v) is 7.76. The lowest BCUT2D eigenvalue weighted by atomic mass is 10.0. The minimum absolute atomic E-state index is 0.135. The largest absolute Gasteiger partial charge is 0.493 e. The number of fused-ring (bicyclic) bond motifs is 1. The van der Waals surface area contributed by atoms with Gasteiger partial charge in [0.15, 0.2) is 23.1 Å². The highest BCUT2D eigenvalue weighted by atomic mass is 35.5. The van der Waals surface area contributed by atoms with Crippen LogP contribution in [0, 0.1) is 17.6 Å². The maximum absolute atomic E-state index is 13.8. The molecule has 3 rings (SSSR count). The lowest BCUT2D eigenvalue weighted by Crippen LogP contribution is -2.35. The zero-order valence-corrected chi connectivity index (χ0v) is 18.5. The average molecular weight is 452 g/mol. The van der Waals surface area contributed by atoms with Crippen molar-refractivity contribution in [2.45, 2.75) is 33.4 Å². The Labute approximate surface area is 184 Å². The van der Waals surface area contributed by atoms with Crippen LogP contribution in [0.3, 0.4) is 0 Å². The molecular formula is C22H24ClF2N3O3. The molecule has 1 heterocycles. The van der Waals surface area contributed by atoms with Gasteiger partial charge in [0.05, 0.1) is 36.1 Å². The lowest BCUT2D eigenvalue weighted by molar-refractivity contribution is -0.125. The molecular weight excluding hydrogens is 428 g/mol. The SMILES string of the molecule is CCOc1c(Cl)cc(CNC(=O)C(C(C)C)n2cnc3cc(F)c(F)cc32)cc1OC. The van der Waals surface area contributed by atoms with E-state index in [2.05, 4.69) is 10.3 Å². The first-order valence-electron chi connectivity index (χ1n) is 9.85. The molecule has 1 aromatic heterocycles. The number of carbonyl (C=O) groups excluding carboxylic acids is 1. The van der Waals surface area contributed by atoms with Crippen LogP contribution in [-0.4, -0.2) is 29.2 Å². The van der Waals surface area contributed by atoms with E-state index in [0.717, 1.165) is 17.7 Å². The number of halogens is 3. The van der Waals surface area contributed by atoms with Gasteiger partial charge in [-0.1, -0.05) is 25.4 Å². The Morgan fingerprint density at radius 1 is 1.23 bits per heavy atom. The zero-order chi connectivity index (χ0) is 22.7. The molecule has 166 valence electrons. The number of carbonyl (C=O) groups is 1. The van der Waals surface area contributed by atoms with Crippen molar-refractivity contribution in [1.29, 1.82) is 0 Å². The van der Waals surface area contributed by atoms with Crippen molar-refractivity contribution in [2.75, 3.05) is 13.7 Å². The third-order valence-electron chi connectivity index (χ3n) is 4.86. The Kier molecular flexibility index (Phi) is 7.00. The molecule has 0 fully saturated rings. The molecule has 0 aliphatic carbocycles. The Morgan fingerprint density at radius 2 is 1.94 bits per heavy atom. The summed E-state index contributed by atoms with van der Waals surface area (Å²) in [6, 6.07) is 4.84. The van der Waals surface area contributed by atoms with Crippen molar-refractivity contribution in [3.63, 3.8) is 0 Å². The monoisotopic (exact) mass is 451 g/mol. The first kappa shape index (κ1) is 22.8. The van der Waals surface area contributed by atoms with Gasteiger partial charge in [0, 0.05) is 18.7 Å². The number of amides is 1. The van der Waals surface area contributed by atoms with E-state index in [0.29, 0.717) is 28.6 Å². The van der Waals surface area contributed by atoms with Gasteiger partial charge in [-0.3, -0.25) is 4.79 Å². The number of imidazole rings is 1. The number of nitrogens with one attached hydrogen (secondary N) is 1. The zero-order valence-electron chi connectivity index (χ0n) is 17.7. The summed E-state index contributed by atoms with van der Waals surface area (Å²) in [5.74, 6) is -1.48. The molecule has 9 heteroatoms. The van der Waals surface area contributed by atoms with Gasteiger partial charge in [-0.2, -0.15) is 0 Å². The Balaban J connectivity index is 1.84. The molecule has 1 amide bonds. The van der Waals surface area contributed by atoms with Crippen LogP contribution in [0.4, 0.5) is 8.78 Å². The summed E-state index contributed by atoms with van der Waals surface area (Å²) in [5.41, 5.74) is 1.35. The van der Waals surface area contributed by atoms with E-state index < -0.39 is 17.7 Å². The number of benzene rings is 2. The van der Waals surface area contributed by atoms with Crippen LogP contribution in [0.25, 0.3) is 11.0 Å². The van der Waals surface area contributed by atoms with Gasteiger partial charge in [0.2, 0.25) is 5.91 Å². The second-order valence-electron chi connectivity index (χ2n) is 7.36. The number of nitrogens with zero attached hydrogens (tertiary/aromatic N) is 2. The van der Waals surface area contributed by atoms with Crippen molar-refractivity contribution in [1.82, 2.24) is 14.9 Å². The highest BCUT2D eigenvalue weighted by molar-refractivity contribution is 6.32. The highest BCUT2D eigenvalue weighted by Crippen LogP contribution is 2.36. The van der Waals surface area contributed by atoms with E-state index in [1.807, 2.05) is 20.8 Å². The van der Waals surface area contributed by atoms with E-state index >= 15 is 0 Å². The molecule has 1 unspecified atom stereocenters. The topological polar surface area (TPSA) is 65.4 Å². The van der Waals surface area contributed by atoms with Crippen LogP contribution in [0.2, 0.25) is 5.02 Å². The van der Waals surface area contributed by atoms with E-state index in [1.165, 1.54) is 13.4 Å². The standard InChI is InChI=1S/C22H24ClF2N3O3/c1-5-31-21-14(23)6-13(7-19(21)30-4)10-26-22(29)20(12(2)3)28-11-27-17-8-15(24)16(25)9-18(17)28/h6-9,11-12,20H,5,10H2,1-4H3,(H,26,29). The molecule has 6 nitrogen and oxygen atoms in total. The minimum atomic E-state index is -0.992. The smallest absolute Gasteiger partial charge is 0.243 e. The highest BCUT2D eigenvalue weighted by Gasteiger charge is 2.26. The third-order valence-corrected chi connectivity index (χ3v) is 5.14. The molecule has 0 bridgehead atoms. The van der Waals surface area contributed by atoms with E-state index in [4.69, 9.17) is 21.1 Å². The van der Waals surface area contributed by atoms with Crippen LogP contribution >= 0.6 is 11.6 Å². The number of ether oxygens (including phenoxy) is 2. The fourth-order valence-electron chi connectivity index (χ4n) is 3.45. The number of aromatic nitrogens is 2. The van der Waals surface area contributed by atoms with Gasteiger partial charge in [-0.05, 0) is 30.5 Å². The number of hydrogen-bond acceptors (Lipinski definition) is 4. The van der Waals surface area contributed by atoms with E-state index in [-0.39, 0.29) is 23.9 Å². The number of hydrogen-bond donors (Lipinski definition) is 1. The first-order chi connectivity index (χ1) is 14.8. The molecule has 0 aliphatic heterocycles. The van der Waals surface area contributed by atoms with Gasteiger partial charge >= 0.3 is 0 Å². The van der Waals surface area contributed by atoms with E-state index in [1.54, 1.807) is 16.7 Å². The second kappa shape index (κ2) is 9.51. The van der Waals surface area contributed by atoms with Gasteiger partial charge < -0.3 is 19.4 Å². The summed E-state index contributed by atoms with van der Waals surface area (Å²) < 4.78 is 39.7. The summed E-state index contributed by atoms with van der Waals surface area (Å²) in [6.45, 7) is 6.21. The molecule has 0 saturated carbocycles. The summed E-state index contributed by atoms with van der Waals surface area (Å²) in [7, 11) is 1.51. The van der Waals surface area contributed by atoms with Crippen molar-refractivity contribution in [3.05, 3.63) is 52.8 Å². The maximum Gasteiger partial charge on any atom is 0.243 e. The Bertz CT molecular complexity index is 1100. The summed E-state index contributed by atoms with van der Waals surface area (Å²) in [5, 5.41) is 3.26. The number of rotatable bonds is 8. The molecule has 0 radical (unpaired) electrons. The third kappa shape index (κ3) is 4.74. The van der Waals surface area contributed by atoms with Gasteiger partial charge in [0.1, 0.15) is 6.04 Å². The summed E-state index contributed by atoms with van der Waals surface area (Å²) in [6.07, 6.45) is 1.42. The first-order valence-corrected chi connectivity index (χ1v) is 10.2. The predicted octanol–water partition coefficient (Wildman–Crippen LogP) is 4.89. The van der Waals surface area contributed by atoms with Crippen molar-refractivity contribution in [3.8, 4) is 11.5 Å². The Hall–Kier alpha value is -2.87. The predicted molar refractivity (Wildman–Crippen MR) is 115 cm³/mol. The quantitative estimate of drug-likeness (QED) is 0.529. The number of methoxy groups -OCH3 is 1. The van der Waals surface area contributed by atoms with Gasteiger partial charge in [-0.15, -0.1) is 0 Å². The van der Waals surface area contributed by atoms with Crippen molar-refractivity contribution >= 4 is 28.5 Å². The molecule has 0 aliphatic rings. The fraction of sp³-hybridized carbons (Fsp3) is 0.364. The molecule has 1 N–H and O–H groups in total. The molecule has 2 aromatic carbocycles. The normalized spacial score (nSPS) is 12.3. The van der Waals surface area contributed by atoms with Gasteiger partial charge in [-0.25, -0.2) is 13.8 Å². The van der Waals surface area contributed by atoms with Crippen LogP contribution < -0.4 is 14.8 Å². The lowest BCUT2D eigenvalue weighted by Gasteiger charge is -2.23. The summed E-state index contributed by atoms with van der Waals surface area (Å²) >= 11 is 6.30. The van der Waals surface area contributed by atoms with Gasteiger partial charge in [0.25, 0.3) is 0 Å². The van der Waals surface area contributed by atoms with Crippen LogP contribution in [0.1, 0.15) is 32.4 Å². The van der Waals surface area contributed by atoms with Crippen molar-refractivity contribution < 1.29 is 23.0 Å². The van der Waals surface area contributed by atoms with Crippen LogP contribution in [0.15, 0.2) is 30.6 Å². The molecule has 3 aromatic rings. The fourth-order valence-corrected chi connectivity index (χ4v) is 3.74. The molecule has 31 heavy (non-hydrogen) atoms. The maximum atomic E-state index is 13.8. The van der Waals surface area contributed by atoms with E-state index in [9.17, 15) is 13.6 Å². The molecule has 0 saturated heterocycles. The van der Waals surface area contributed by atoms with Crippen molar-refractivity contribution in [2.24, 2.45) is 5.92 Å². The van der Waals surface area contributed by atoms with Crippen LogP contribution in [-0.2, 0) is 11.3 Å².